The highest BCUT2D eigenvalue weighted by atomic mass is 16.5. The van der Waals surface area contributed by atoms with Crippen molar-refractivity contribution in [3.8, 4) is 34.0 Å². The van der Waals surface area contributed by atoms with Crippen LogP contribution in [0.2, 0.25) is 0 Å². The number of amides is 1. The van der Waals surface area contributed by atoms with Crippen LogP contribution in [0.25, 0.3) is 34.0 Å². The Morgan fingerprint density at radius 2 is 1.88 bits per heavy atom. The van der Waals surface area contributed by atoms with Gasteiger partial charge in [0, 0.05) is 42.2 Å². The average molecular weight is 431 g/mol. The average Bonchev–Trinajstić information content (AvgIpc) is 3.51. The number of nitrogens with zero attached hydrogens (tertiary/aromatic N) is 6. The third kappa shape index (κ3) is 3.78. The monoisotopic (exact) mass is 431 g/mol. The molecule has 1 aromatic carbocycles. The quantitative estimate of drug-likeness (QED) is 0.500. The van der Waals surface area contributed by atoms with Crippen LogP contribution in [-0.2, 0) is 0 Å². The molecule has 0 atom stereocenters. The topological polar surface area (TPSA) is 136 Å². The molecule has 0 radical (unpaired) electrons. The van der Waals surface area contributed by atoms with Crippen LogP contribution in [0.3, 0.4) is 0 Å². The summed E-state index contributed by atoms with van der Waals surface area (Å²) in [5, 5.41) is 17.7. The third-order valence-electron chi connectivity index (χ3n) is 5.65. The Kier molecular flexibility index (Phi) is 5.02. The number of carboxylic acid groups (broad SMARTS) is 1. The number of carbonyl (C=O) groups is 1. The molecule has 1 aliphatic rings. The molecule has 32 heavy (non-hydrogen) atoms. The summed E-state index contributed by atoms with van der Waals surface area (Å²) in [6.45, 7) is 1.01. The van der Waals surface area contributed by atoms with Gasteiger partial charge in [0.15, 0.2) is 0 Å². The fraction of sp³-hybridized carbons (Fsp3) is 0.227. The molecule has 0 bridgehead atoms. The summed E-state index contributed by atoms with van der Waals surface area (Å²) in [5.41, 5.74) is 9.21. The number of nitrogen functional groups attached to an aromatic ring is 1. The van der Waals surface area contributed by atoms with Crippen LogP contribution in [-0.4, -0.2) is 54.1 Å². The van der Waals surface area contributed by atoms with Crippen molar-refractivity contribution < 1.29 is 14.4 Å². The van der Waals surface area contributed by atoms with Gasteiger partial charge in [0.25, 0.3) is 5.89 Å². The van der Waals surface area contributed by atoms with Crippen molar-refractivity contribution >= 4 is 11.9 Å². The van der Waals surface area contributed by atoms with Crippen molar-refractivity contribution in [3.63, 3.8) is 0 Å². The lowest BCUT2D eigenvalue weighted by Gasteiger charge is -2.30. The highest BCUT2D eigenvalue weighted by Gasteiger charge is 2.24. The molecule has 1 fully saturated rings. The zero-order valence-corrected chi connectivity index (χ0v) is 17.1. The first-order valence-corrected chi connectivity index (χ1v) is 10.3. The number of aromatic nitrogens is 5. The maximum Gasteiger partial charge on any atom is 0.407 e. The summed E-state index contributed by atoms with van der Waals surface area (Å²) in [5.74, 6) is 1.08. The van der Waals surface area contributed by atoms with E-state index < -0.39 is 6.09 Å². The Labute approximate surface area is 183 Å². The lowest BCUT2D eigenvalue weighted by atomic mass is 10.1. The molecule has 10 nitrogen and oxygen atoms in total. The first kappa shape index (κ1) is 19.7. The fourth-order valence-corrected chi connectivity index (χ4v) is 3.85. The van der Waals surface area contributed by atoms with E-state index in [2.05, 4.69) is 20.2 Å². The molecule has 0 aliphatic carbocycles. The van der Waals surface area contributed by atoms with Gasteiger partial charge in [-0.1, -0.05) is 23.4 Å². The van der Waals surface area contributed by atoms with Crippen LogP contribution in [0.5, 0.6) is 0 Å². The molecule has 0 spiro atoms. The van der Waals surface area contributed by atoms with Crippen molar-refractivity contribution in [1.29, 1.82) is 0 Å². The highest BCUT2D eigenvalue weighted by molar-refractivity contribution is 5.76. The van der Waals surface area contributed by atoms with Gasteiger partial charge in [-0.3, -0.25) is 4.68 Å². The number of likely N-dealkylation sites (tertiary alicyclic amines) is 1. The number of pyridine rings is 1. The summed E-state index contributed by atoms with van der Waals surface area (Å²) >= 11 is 0. The molecule has 3 N–H and O–H groups in total. The number of anilines is 1. The van der Waals surface area contributed by atoms with E-state index in [4.69, 9.17) is 15.4 Å². The van der Waals surface area contributed by atoms with Gasteiger partial charge in [-0.15, -0.1) is 0 Å². The lowest BCUT2D eigenvalue weighted by molar-refractivity contribution is 0.124. The van der Waals surface area contributed by atoms with E-state index in [-0.39, 0.29) is 6.04 Å². The lowest BCUT2D eigenvalue weighted by Crippen LogP contribution is -2.38. The first-order chi connectivity index (χ1) is 15.6. The van der Waals surface area contributed by atoms with Crippen molar-refractivity contribution in [1.82, 2.24) is 29.8 Å². The number of hydrogen-bond acceptors (Lipinski definition) is 7. The predicted octanol–water partition coefficient (Wildman–Crippen LogP) is 3.56. The Morgan fingerprint density at radius 3 is 2.62 bits per heavy atom. The summed E-state index contributed by atoms with van der Waals surface area (Å²) < 4.78 is 7.30. The number of benzene rings is 1. The van der Waals surface area contributed by atoms with Crippen LogP contribution in [0.15, 0.2) is 59.5 Å². The molecule has 5 rings (SSSR count). The molecule has 3 aromatic heterocycles. The van der Waals surface area contributed by atoms with Gasteiger partial charge in [-0.2, -0.15) is 10.1 Å². The molecule has 162 valence electrons. The zero-order chi connectivity index (χ0) is 22.1. The van der Waals surface area contributed by atoms with Gasteiger partial charge < -0.3 is 20.3 Å². The SMILES string of the molecule is Nc1ncc(-c2cnn(C3CCN(C(=O)O)CC3)c2)cc1-c1noc(-c2ccccc2)n1. The molecular weight excluding hydrogens is 410 g/mol. The highest BCUT2D eigenvalue weighted by Crippen LogP contribution is 2.30. The first-order valence-electron chi connectivity index (χ1n) is 10.3. The van der Waals surface area contributed by atoms with Crippen molar-refractivity contribution in [2.75, 3.05) is 18.8 Å². The van der Waals surface area contributed by atoms with E-state index >= 15 is 0 Å². The minimum absolute atomic E-state index is 0.159. The molecule has 4 heterocycles. The van der Waals surface area contributed by atoms with Gasteiger partial charge in [0.2, 0.25) is 5.82 Å². The standard InChI is InChI=1S/C22H21N7O3/c23-19-18(20-26-21(32-27-20)14-4-2-1-3-5-14)10-15(11-24-19)16-12-25-29(13-16)17-6-8-28(9-7-17)22(30)31/h1-5,10-13,17H,6-9H2,(H2,23,24)(H,30,31). The summed E-state index contributed by atoms with van der Waals surface area (Å²) in [7, 11) is 0. The second-order valence-electron chi connectivity index (χ2n) is 7.66. The summed E-state index contributed by atoms with van der Waals surface area (Å²) in [4.78, 5) is 21.3. The van der Waals surface area contributed by atoms with Crippen molar-refractivity contribution in [2.24, 2.45) is 0 Å². The van der Waals surface area contributed by atoms with Gasteiger partial charge in [0.1, 0.15) is 5.82 Å². The normalized spacial score (nSPS) is 14.6. The molecular formula is C22H21N7O3. The Hall–Kier alpha value is -4.21. The smallest absolute Gasteiger partial charge is 0.407 e. The van der Waals surface area contributed by atoms with E-state index in [1.807, 2.05) is 47.3 Å². The van der Waals surface area contributed by atoms with Crippen LogP contribution in [0, 0.1) is 0 Å². The fourth-order valence-electron chi connectivity index (χ4n) is 3.85. The van der Waals surface area contributed by atoms with Crippen LogP contribution in [0.4, 0.5) is 10.6 Å². The maximum absolute atomic E-state index is 11.1. The minimum Gasteiger partial charge on any atom is -0.465 e. The Morgan fingerprint density at radius 1 is 1.09 bits per heavy atom. The van der Waals surface area contributed by atoms with Gasteiger partial charge in [-0.05, 0) is 31.0 Å². The Bertz CT molecular complexity index is 1240. The molecule has 1 amide bonds. The molecule has 1 saturated heterocycles. The van der Waals surface area contributed by atoms with Crippen LogP contribution < -0.4 is 5.73 Å². The van der Waals surface area contributed by atoms with E-state index in [0.29, 0.717) is 36.2 Å². The summed E-state index contributed by atoms with van der Waals surface area (Å²) in [6.07, 6.45) is 5.98. The summed E-state index contributed by atoms with van der Waals surface area (Å²) in [6, 6.07) is 11.5. The van der Waals surface area contributed by atoms with E-state index in [0.717, 1.165) is 29.5 Å². The van der Waals surface area contributed by atoms with Crippen molar-refractivity contribution in [2.45, 2.75) is 18.9 Å². The van der Waals surface area contributed by atoms with Crippen LogP contribution >= 0.6 is 0 Å². The third-order valence-corrected chi connectivity index (χ3v) is 5.65. The number of piperidine rings is 1. The molecule has 0 unspecified atom stereocenters. The number of nitrogens with two attached hydrogens (primary N) is 1. The van der Waals surface area contributed by atoms with E-state index in [1.54, 1.807) is 12.4 Å². The van der Waals surface area contributed by atoms with E-state index in [9.17, 15) is 4.79 Å². The molecule has 10 heteroatoms. The second kappa shape index (κ2) is 8.14. The largest absolute Gasteiger partial charge is 0.465 e. The molecule has 4 aromatic rings. The number of hydrogen-bond donors (Lipinski definition) is 2. The second-order valence-corrected chi connectivity index (χ2v) is 7.66. The Balaban J connectivity index is 1.38. The predicted molar refractivity (Wildman–Crippen MR) is 116 cm³/mol. The molecule has 1 aliphatic heterocycles. The maximum atomic E-state index is 11.1. The minimum atomic E-state index is -0.873. The molecule has 0 saturated carbocycles. The van der Waals surface area contributed by atoms with E-state index in [1.165, 1.54) is 4.90 Å². The zero-order valence-electron chi connectivity index (χ0n) is 17.1. The van der Waals surface area contributed by atoms with Gasteiger partial charge >= 0.3 is 6.09 Å². The van der Waals surface area contributed by atoms with Crippen molar-refractivity contribution in [3.05, 3.63) is 55.0 Å². The van der Waals surface area contributed by atoms with Gasteiger partial charge in [-0.25, -0.2) is 9.78 Å². The van der Waals surface area contributed by atoms with Crippen LogP contribution in [0.1, 0.15) is 18.9 Å². The van der Waals surface area contributed by atoms with Gasteiger partial charge in [0.05, 0.1) is 17.8 Å². The number of rotatable bonds is 4.